The van der Waals surface area contributed by atoms with E-state index in [9.17, 15) is 29.7 Å². The summed E-state index contributed by atoms with van der Waals surface area (Å²) in [5, 5.41) is 40.2. The number of carboxylic acid groups (broad SMARTS) is 2. The Hall–Kier alpha value is -3.33. The molecule has 0 saturated carbocycles. The third-order valence-electron chi connectivity index (χ3n) is 7.24. The van der Waals surface area contributed by atoms with Gasteiger partial charge in [0.05, 0.1) is 18.2 Å². The van der Waals surface area contributed by atoms with Gasteiger partial charge in [-0.05, 0) is 65.9 Å². The first kappa shape index (κ1) is 28.2. The zero-order valence-corrected chi connectivity index (χ0v) is 21.9. The average molecular weight is 516 g/mol. The van der Waals surface area contributed by atoms with Crippen LogP contribution in [0.2, 0.25) is 0 Å². The van der Waals surface area contributed by atoms with Crippen LogP contribution >= 0.6 is 0 Å². The zero-order chi connectivity index (χ0) is 27.5. The molecule has 0 bridgehead atoms. The number of carboxylic acids is 2. The highest BCUT2D eigenvalue weighted by Crippen LogP contribution is 2.46. The summed E-state index contributed by atoms with van der Waals surface area (Å²) >= 11 is 0. The van der Waals surface area contributed by atoms with Gasteiger partial charge in [-0.2, -0.15) is 0 Å². The number of phenols is 1. The standard InChI is InChI=1S/C28H37NO8/c1-16(2)7-5-8-17(3)9-6-12-28(4)23(31)14-19-22(30)13-18-20(25(19)37-28)15-29(26(18)34)21(27(35)36)10-11-24(32)33/h7,9,13,21,23,30-31H,5-6,8,10-12,14-15H2,1-4H3,(H,32,33)(H,35,36)/b17-9+/t21-,23-,28-/m0/s1. The summed E-state index contributed by atoms with van der Waals surface area (Å²) < 4.78 is 6.32. The van der Waals surface area contributed by atoms with Gasteiger partial charge in [-0.25, -0.2) is 4.79 Å². The molecule has 2 aliphatic rings. The maximum Gasteiger partial charge on any atom is 0.326 e. The maximum absolute atomic E-state index is 13.1. The molecule has 9 heteroatoms. The van der Waals surface area contributed by atoms with Crippen molar-refractivity contribution in [1.29, 1.82) is 0 Å². The Labute approximate surface area is 217 Å². The number of hydrogen-bond acceptors (Lipinski definition) is 6. The van der Waals surface area contributed by atoms with Gasteiger partial charge in [-0.3, -0.25) is 9.59 Å². The Morgan fingerprint density at radius 2 is 1.86 bits per heavy atom. The second-order valence-corrected chi connectivity index (χ2v) is 10.5. The Balaban J connectivity index is 1.83. The fourth-order valence-electron chi connectivity index (χ4n) is 4.95. The summed E-state index contributed by atoms with van der Waals surface area (Å²) in [7, 11) is 0. The van der Waals surface area contributed by atoms with Crippen molar-refractivity contribution >= 4 is 17.8 Å². The van der Waals surface area contributed by atoms with E-state index in [-0.39, 0.29) is 30.7 Å². The number of nitrogens with zero attached hydrogens (tertiary/aromatic N) is 1. The van der Waals surface area contributed by atoms with E-state index in [1.54, 1.807) is 6.92 Å². The van der Waals surface area contributed by atoms with Crippen LogP contribution in [0.3, 0.4) is 0 Å². The van der Waals surface area contributed by atoms with Gasteiger partial charge in [0.15, 0.2) is 0 Å². The van der Waals surface area contributed by atoms with Crippen molar-refractivity contribution in [3.8, 4) is 11.5 Å². The third kappa shape index (κ3) is 6.33. The van der Waals surface area contributed by atoms with E-state index in [0.29, 0.717) is 29.7 Å². The highest BCUT2D eigenvalue weighted by molar-refractivity contribution is 6.02. The molecule has 4 N–H and O–H groups in total. The Kier molecular flexibility index (Phi) is 8.68. The highest BCUT2D eigenvalue weighted by Gasteiger charge is 2.45. The van der Waals surface area contributed by atoms with Gasteiger partial charge >= 0.3 is 11.9 Å². The lowest BCUT2D eigenvalue weighted by molar-refractivity contribution is -0.143. The first-order valence-electron chi connectivity index (χ1n) is 12.6. The van der Waals surface area contributed by atoms with Crippen LogP contribution in [0.15, 0.2) is 29.4 Å². The van der Waals surface area contributed by atoms with Crippen LogP contribution in [0.4, 0.5) is 0 Å². The minimum absolute atomic E-state index is 0.0804. The quantitative estimate of drug-likeness (QED) is 0.321. The number of carbonyl (C=O) groups excluding carboxylic acids is 1. The number of carbonyl (C=O) groups is 3. The van der Waals surface area contributed by atoms with Crippen LogP contribution in [0, 0.1) is 0 Å². The van der Waals surface area contributed by atoms with Crippen LogP contribution in [-0.2, 0) is 22.6 Å². The number of rotatable bonds is 11. The Morgan fingerprint density at radius 1 is 1.16 bits per heavy atom. The number of fused-ring (bicyclic) bond motifs is 3. The number of allylic oxidation sites excluding steroid dienone is 4. The largest absolute Gasteiger partial charge is 0.508 e. The monoisotopic (exact) mass is 515 g/mol. The van der Waals surface area contributed by atoms with Crippen molar-refractivity contribution < 1.29 is 39.5 Å². The number of aliphatic carboxylic acids is 2. The molecule has 0 fully saturated rings. The van der Waals surface area contributed by atoms with Gasteiger partial charge in [-0.15, -0.1) is 0 Å². The predicted octanol–water partition coefficient (Wildman–Crippen LogP) is 4.19. The highest BCUT2D eigenvalue weighted by atomic mass is 16.5. The smallest absolute Gasteiger partial charge is 0.326 e. The van der Waals surface area contributed by atoms with Gasteiger partial charge in [0, 0.05) is 24.0 Å². The van der Waals surface area contributed by atoms with Gasteiger partial charge in [0.2, 0.25) is 0 Å². The van der Waals surface area contributed by atoms with Crippen LogP contribution in [-0.4, -0.2) is 60.9 Å². The zero-order valence-electron chi connectivity index (χ0n) is 21.9. The lowest BCUT2D eigenvalue weighted by atomic mass is 9.84. The SMILES string of the molecule is CC(C)=CCC/C(C)=C/CC[C@]1(C)Oc2c(c(O)cc3c2CN([C@@H](CCC(=O)O)C(=O)O)C3=O)C[C@@H]1O. The first-order valence-corrected chi connectivity index (χ1v) is 12.6. The Bertz CT molecular complexity index is 1130. The van der Waals surface area contributed by atoms with Crippen LogP contribution in [0.5, 0.6) is 11.5 Å². The molecule has 0 radical (unpaired) electrons. The fourth-order valence-corrected chi connectivity index (χ4v) is 4.95. The lowest BCUT2D eigenvalue weighted by Gasteiger charge is -2.41. The number of aliphatic hydroxyl groups is 1. The molecule has 202 valence electrons. The molecular weight excluding hydrogens is 478 g/mol. The molecule has 0 spiro atoms. The van der Waals surface area contributed by atoms with E-state index < -0.39 is 42.0 Å². The first-order chi connectivity index (χ1) is 17.3. The molecule has 0 saturated heterocycles. The van der Waals surface area contributed by atoms with E-state index >= 15 is 0 Å². The molecule has 2 aliphatic heterocycles. The molecule has 2 heterocycles. The number of amides is 1. The molecule has 1 aromatic rings. The minimum Gasteiger partial charge on any atom is -0.508 e. The molecular formula is C28H37NO8. The van der Waals surface area contributed by atoms with Crippen molar-refractivity contribution in [3.05, 3.63) is 46.1 Å². The van der Waals surface area contributed by atoms with E-state index in [4.69, 9.17) is 9.84 Å². The fraction of sp³-hybridized carbons (Fsp3) is 0.536. The second-order valence-electron chi connectivity index (χ2n) is 10.5. The van der Waals surface area contributed by atoms with Gasteiger partial charge in [-0.1, -0.05) is 23.3 Å². The van der Waals surface area contributed by atoms with Crippen LogP contribution < -0.4 is 4.74 Å². The molecule has 1 aromatic carbocycles. The molecule has 0 unspecified atom stereocenters. The third-order valence-corrected chi connectivity index (χ3v) is 7.24. The van der Waals surface area contributed by atoms with Crippen LogP contribution in [0.25, 0.3) is 0 Å². The normalized spacial score (nSPS) is 21.6. The number of aliphatic hydroxyl groups excluding tert-OH is 1. The lowest BCUT2D eigenvalue weighted by Crippen LogP contribution is -2.49. The molecule has 3 rings (SSSR count). The van der Waals surface area contributed by atoms with Crippen molar-refractivity contribution in [3.63, 3.8) is 0 Å². The van der Waals surface area contributed by atoms with E-state index in [1.807, 2.05) is 0 Å². The number of benzene rings is 1. The molecule has 1 amide bonds. The van der Waals surface area contributed by atoms with Crippen molar-refractivity contribution in [1.82, 2.24) is 4.90 Å². The molecule has 3 atom stereocenters. The maximum atomic E-state index is 13.1. The second kappa shape index (κ2) is 11.4. The minimum atomic E-state index is -1.33. The average Bonchev–Trinajstić information content (AvgIpc) is 3.11. The summed E-state index contributed by atoms with van der Waals surface area (Å²) in [5.41, 5.74) is 2.51. The number of aromatic hydroxyl groups is 1. The summed E-state index contributed by atoms with van der Waals surface area (Å²) in [6.45, 7) is 7.92. The summed E-state index contributed by atoms with van der Waals surface area (Å²) in [6, 6.07) is -0.0435. The topological polar surface area (TPSA) is 145 Å². The van der Waals surface area contributed by atoms with Crippen molar-refractivity contribution in [2.45, 2.75) is 96.9 Å². The Morgan fingerprint density at radius 3 is 2.49 bits per heavy atom. The van der Waals surface area contributed by atoms with Gasteiger partial charge < -0.3 is 30.1 Å². The number of ether oxygens (including phenoxy) is 1. The molecule has 0 aliphatic carbocycles. The van der Waals surface area contributed by atoms with Gasteiger partial charge in [0.25, 0.3) is 5.91 Å². The summed E-state index contributed by atoms with van der Waals surface area (Å²) in [6.07, 6.45) is 6.01. The van der Waals surface area contributed by atoms with Crippen molar-refractivity contribution in [2.24, 2.45) is 0 Å². The van der Waals surface area contributed by atoms with Crippen molar-refractivity contribution in [2.75, 3.05) is 0 Å². The van der Waals surface area contributed by atoms with Gasteiger partial charge in [0.1, 0.15) is 23.1 Å². The van der Waals surface area contributed by atoms with Crippen LogP contribution in [0.1, 0.15) is 87.7 Å². The summed E-state index contributed by atoms with van der Waals surface area (Å²) in [5.74, 6) is -2.95. The van der Waals surface area contributed by atoms with E-state index in [2.05, 4.69) is 32.9 Å². The summed E-state index contributed by atoms with van der Waals surface area (Å²) in [4.78, 5) is 37.1. The number of phenolic OH excluding ortho intramolecular Hbond substituents is 1. The van der Waals surface area contributed by atoms with E-state index in [0.717, 1.165) is 17.7 Å². The molecule has 9 nitrogen and oxygen atoms in total. The molecule has 37 heavy (non-hydrogen) atoms. The van der Waals surface area contributed by atoms with E-state index in [1.165, 1.54) is 17.2 Å². The number of hydrogen-bond donors (Lipinski definition) is 4. The molecule has 0 aromatic heterocycles. The predicted molar refractivity (Wildman–Crippen MR) is 137 cm³/mol.